The van der Waals surface area contributed by atoms with Crippen LogP contribution in [0.4, 0.5) is 0 Å². The standard InChI is InChI=1S/C20H26BNO4/c1-14-7-8-18(23-6)15(9-14)13-24-17-10-16(11-22-12-17)21-25-19(2,3)20(4,5)26-21/h7-12H,13H2,1-6H3. The van der Waals surface area contributed by atoms with Gasteiger partial charge in [-0.15, -0.1) is 0 Å². The molecule has 1 aliphatic rings. The Bertz CT molecular complexity index is 775. The van der Waals surface area contributed by atoms with Gasteiger partial charge in [0.25, 0.3) is 0 Å². The second-order valence-electron chi connectivity index (χ2n) is 7.65. The van der Waals surface area contributed by atoms with Crippen molar-refractivity contribution in [3.63, 3.8) is 0 Å². The van der Waals surface area contributed by atoms with E-state index in [4.69, 9.17) is 18.8 Å². The normalized spacial score (nSPS) is 18.0. The van der Waals surface area contributed by atoms with Crippen molar-refractivity contribution in [2.75, 3.05) is 7.11 Å². The molecule has 0 bridgehead atoms. The number of pyridine rings is 1. The molecule has 0 saturated carbocycles. The Hall–Kier alpha value is -2.05. The molecule has 0 unspecified atom stereocenters. The molecule has 3 rings (SSSR count). The Balaban J connectivity index is 1.74. The van der Waals surface area contributed by atoms with Gasteiger partial charge in [0.15, 0.2) is 0 Å². The molecule has 1 aromatic carbocycles. The van der Waals surface area contributed by atoms with E-state index in [1.54, 1.807) is 19.5 Å². The Kier molecular flexibility index (Phi) is 4.99. The van der Waals surface area contributed by atoms with Crippen molar-refractivity contribution >= 4 is 12.6 Å². The van der Waals surface area contributed by atoms with Gasteiger partial charge in [-0.1, -0.05) is 11.6 Å². The topological polar surface area (TPSA) is 49.8 Å². The predicted molar refractivity (Wildman–Crippen MR) is 102 cm³/mol. The van der Waals surface area contributed by atoms with Crippen molar-refractivity contribution < 1.29 is 18.8 Å². The maximum absolute atomic E-state index is 6.08. The van der Waals surface area contributed by atoms with E-state index >= 15 is 0 Å². The number of rotatable bonds is 5. The van der Waals surface area contributed by atoms with E-state index in [1.165, 1.54) is 0 Å². The molecule has 0 amide bonds. The van der Waals surface area contributed by atoms with Gasteiger partial charge in [-0.25, -0.2) is 0 Å². The highest BCUT2D eigenvalue weighted by molar-refractivity contribution is 6.62. The van der Waals surface area contributed by atoms with E-state index in [1.807, 2.05) is 52.8 Å². The first-order chi connectivity index (χ1) is 12.2. The van der Waals surface area contributed by atoms with Crippen molar-refractivity contribution in [1.29, 1.82) is 0 Å². The summed E-state index contributed by atoms with van der Waals surface area (Å²) in [4.78, 5) is 4.28. The van der Waals surface area contributed by atoms with Crippen molar-refractivity contribution in [3.05, 3.63) is 47.8 Å². The first-order valence-corrected chi connectivity index (χ1v) is 8.79. The number of hydrogen-bond donors (Lipinski definition) is 0. The lowest BCUT2D eigenvalue weighted by molar-refractivity contribution is 0.00578. The Morgan fingerprint density at radius 3 is 2.38 bits per heavy atom. The number of hydrogen-bond acceptors (Lipinski definition) is 5. The molecule has 1 fully saturated rings. The smallest absolute Gasteiger partial charge is 0.496 e. The van der Waals surface area contributed by atoms with Crippen LogP contribution in [0.5, 0.6) is 11.5 Å². The average Bonchev–Trinajstić information content (AvgIpc) is 2.81. The fraction of sp³-hybridized carbons (Fsp3) is 0.450. The molecule has 2 aromatic rings. The average molecular weight is 355 g/mol. The summed E-state index contributed by atoms with van der Waals surface area (Å²) in [5.41, 5.74) is 2.23. The van der Waals surface area contributed by atoms with Crippen LogP contribution >= 0.6 is 0 Å². The minimum absolute atomic E-state index is 0.385. The molecular formula is C20H26BNO4. The fourth-order valence-corrected chi connectivity index (χ4v) is 2.80. The Morgan fingerprint density at radius 1 is 1.04 bits per heavy atom. The molecule has 0 N–H and O–H groups in total. The predicted octanol–water partition coefficient (Wildman–Crippen LogP) is 3.28. The third-order valence-electron chi connectivity index (χ3n) is 5.09. The zero-order valence-electron chi connectivity index (χ0n) is 16.3. The first-order valence-electron chi connectivity index (χ1n) is 8.79. The molecule has 138 valence electrons. The summed E-state index contributed by atoms with van der Waals surface area (Å²) in [6.07, 6.45) is 3.44. The highest BCUT2D eigenvalue weighted by Gasteiger charge is 2.51. The van der Waals surface area contributed by atoms with Gasteiger partial charge in [0.05, 0.1) is 24.5 Å². The number of aryl methyl sites for hydroxylation is 1. The minimum Gasteiger partial charge on any atom is -0.496 e. The summed E-state index contributed by atoms with van der Waals surface area (Å²) in [6.45, 7) is 10.6. The molecule has 6 heteroatoms. The van der Waals surface area contributed by atoms with E-state index in [9.17, 15) is 0 Å². The summed E-state index contributed by atoms with van der Waals surface area (Å²) in [5, 5.41) is 0. The Labute approximate surface area is 155 Å². The highest BCUT2D eigenvalue weighted by atomic mass is 16.7. The molecule has 1 aliphatic heterocycles. The number of methoxy groups -OCH3 is 1. The van der Waals surface area contributed by atoms with Gasteiger partial charge in [-0.2, -0.15) is 0 Å². The monoisotopic (exact) mass is 355 g/mol. The van der Waals surface area contributed by atoms with Crippen LogP contribution in [-0.4, -0.2) is 30.4 Å². The van der Waals surface area contributed by atoms with Crippen LogP contribution in [0.15, 0.2) is 36.7 Å². The zero-order valence-corrected chi connectivity index (χ0v) is 16.3. The highest BCUT2D eigenvalue weighted by Crippen LogP contribution is 2.36. The lowest BCUT2D eigenvalue weighted by Gasteiger charge is -2.32. The molecule has 0 radical (unpaired) electrons. The molecule has 1 saturated heterocycles. The maximum atomic E-state index is 6.08. The van der Waals surface area contributed by atoms with E-state index in [-0.39, 0.29) is 11.2 Å². The second-order valence-corrected chi connectivity index (χ2v) is 7.65. The number of benzene rings is 1. The van der Waals surface area contributed by atoms with Crippen molar-refractivity contribution in [1.82, 2.24) is 4.98 Å². The van der Waals surface area contributed by atoms with Gasteiger partial charge in [-0.05, 0) is 52.8 Å². The summed E-state index contributed by atoms with van der Waals surface area (Å²) >= 11 is 0. The van der Waals surface area contributed by atoms with Crippen LogP contribution in [0.2, 0.25) is 0 Å². The van der Waals surface area contributed by atoms with E-state index in [0.717, 1.165) is 22.3 Å². The van der Waals surface area contributed by atoms with Gasteiger partial charge in [0.2, 0.25) is 0 Å². The largest absolute Gasteiger partial charge is 0.496 e. The summed E-state index contributed by atoms with van der Waals surface area (Å²) in [7, 11) is 1.21. The van der Waals surface area contributed by atoms with Gasteiger partial charge >= 0.3 is 7.12 Å². The molecule has 0 spiro atoms. The van der Waals surface area contributed by atoms with Gasteiger partial charge in [-0.3, -0.25) is 4.98 Å². The van der Waals surface area contributed by atoms with Gasteiger partial charge in [0.1, 0.15) is 18.1 Å². The third kappa shape index (κ3) is 3.71. The molecule has 0 atom stereocenters. The van der Waals surface area contributed by atoms with Crippen LogP contribution in [0.3, 0.4) is 0 Å². The quantitative estimate of drug-likeness (QED) is 0.771. The number of ether oxygens (including phenoxy) is 2. The number of nitrogens with zero attached hydrogens (tertiary/aromatic N) is 1. The SMILES string of the molecule is COc1ccc(C)cc1COc1cncc(B2OC(C)(C)C(C)(C)O2)c1. The lowest BCUT2D eigenvalue weighted by atomic mass is 9.80. The second kappa shape index (κ2) is 6.93. The summed E-state index contributed by atoms with van der Waals surface area (Å²) in [6, 6.07) is 7.94. The minimum atomic E-state index is -0.454. The summed E-state index contributed by atoms with van der Waals surface area (Å²) < 4.78 is 23.5. The molecule has 5 nitrogen and oxygen atoms in total. The maximum Gasteiger partial charge on any atom is 0.496 e. The Morgan fingerprint density at radius 2 is 1.73 bits per heavy atom. The van der Waals surface area contributed by atoms with E-state index in [2.05, 4.69) is 11.1 Å². The van der Waals surface area contributed by atoms with Crippen LogP contribution in [0.25, 0.3) is 0 Å². The van der Waals surface area contributed by atoms with Crippen LogP contribution in [0.1, 0.15) is 38.8 Å². The van der Waals surface area contributed by atoms with E-state index < -0.39 is 7.12 Å². The van der Waals surface area contributed by atoms with Crippen molar-refractivity contribution in [3.8, 4) is 11.5 Å². The number of aromatic nitrogens is 1. The molecular weight excluding hydrogens is 329 g/mol. The lowest BCUT2D eigenvalue weighted by Crippen LogP contribution is -2.41. The van der Waals surface area contributed by atoms with E-state index in [0.29, 0.717) is 12.4 Å². The first kappa shape index (κ1) is 18.7. The zero-order chi connectivity index (χ0) is 18.9. The molecule has 2 heterocycles. The van der Waals surface area contributed by atoms with Crippen LogP contribution in [-0.2, 0) is 15.9 Å². The molecule has 26 heavy (non-hydrogen) atoms. The van der Waals surface area contributed by atoms with Crippen molar-refractivity contribution in [2.45, 2.75) is 52.4 Å². The third-order valence-corrected chi connectivity index (χ3v) is 5.09. The summed E-state index contributed by atoms with van der Waals surface area (Å²) in [5.74, 6) is 1.48. The fourth-order valence-electron chi connectivity index (χ4n) is 2.80. The van der Waals surface area contributed by atoms with Crippen molar-refractivity contribution in [2.24, 2.45) is 0 Å². The molecule has 1 aromatic heterocycles. The molecule has 0 aliphatic carbocycles. The van der Waals surface area contributed by atoms with Crippen LogP contribution in [0, 0.1) is 6.92 Å². The van der Waals surface area contributed by atoms with Gasteiger partial charge < -0.3 is 18.8 Å². The van der Waals surface area contributed by atoms with Crippen LogP contribution < -0.4 is 14.9 Å². The van der Waals surface area contributed by atoms with Gasteiger partial charge in [0, 0.05) is 17.2 Å².